The molecule has 0 spiro atoms. The van der Waals surface area contributed by atoms with E-state index in [9.17, 15) is 8.42 Å². The molecule has 8 nitrogen and oxygen atoms in total. The Kier molecular flexibility index (Phi) is 23.6. The number of thioether (sulfide) groups is 1. The van der Waals surface area contributed by atoms with Gasteiger partial charge in [-0.25, -0.2) is 13.4 Å². The Balaban J connectivity index is 0.00000486. The summed E-state index contributed by atoms with van der Waals surface area (Å²) in [5.74, 6) is 1.15. The smallest absolute Gasteiger partial charge is 0.249 e. The summed E-state index contributed by atoms with van der Waals surface area (Å²) in [6.07, 6.45) is 21.7. The fourth-order valence-electron chi connectivity index (χ4n) is 4.31. The van der Waals surface area contributed by atoms with E-state index in [0.29, 0.717) is 4.24 Å². The highest BCUT2D eigenvalue weighted by Crippen LogP contribution is 2.24. The Labute approximate surface area is 289 Å². The van der Waals surface area contributed by atoms with E-state index in [1.165, 1.54) is 20.9 Å². The maximum absolute atomic E-state index is 12.8. The zero-order chi connectivity index (χ0) is 35.1. The van der Waals surface area contributed by atoms with Gasteiger partial charge in [0.1, 0.15) is 15.1 Å². The fraction of sp³-hybridized carbons (Fsp3) is 0.543. The largest absolute Gasteiger partial charge is 0.358 e. The summed E-state index contributed by atoms with van der Waals surface area (Å²) >= 11 is 2.92. The number of sulfonamides is 1. The highest BCUT2D eigenvalue weighted by Gasteiger charge is 2.25. The van der Waals surface area contributed by atoms with E-state index < -0.39 is 10.0 Å². The lowest BCUT2D eigenvalue weighted by atomic mass is 10.1. The zero-order valence-corrected chi connectivity index (χ0v) is 32.4. The number of piperazine rings is 1. The standard InChI is InChI=1S/C31H48N6O2S3.2C2H6/c1-8-11-12-16-29(33-10-3)37-21-19-36(20-22-37)24-28-23-34-30(41-28)18-17-27(26(5)32)15-13-14-25(4)35(6)42(38,39)31(9-2)40-7;2*1-2/h8-9,11-15,17-18,23,25-26H,1,10,16,19-22,24,32H2,2-7H3;2*1-2H3/b12-11-,14-13-,18-17+,27-15-,31-9+,33-29?;;. The van der Waals surface area contributed by atoms with E-state index in [1.807, 2.05) is 84.2 Å². The molecule has 0 radical (unpaired) electrons. The molecule has 2 rings (SSSR count). The van der Waals surface area contributed by atoms with E-state index in [4.69, 9.17) is 10.7 Å². The van der Waals surface area contributed by atoms with Crippen molar-refractivity contribution in [1.29, 1.82) is 0 Å². The maximum atomic E-state index is 12.8. The van der Waals surface area contributed by atoms with Gasteiger partial charge in [0.25, 0.3) is 0 Å². The van der Waals surface area contributed by atoms with Gasteiger partial charge in [-0.2, -0.15) is 4.31 Å². The molecular formula is C35H60N6O2S3. The SMILES string of the molecule is C=C/C=C\CC(=NCC)N1CCN(Cc2cnc(/C=C/C(=C/C=C\C(C)N(C)S(=O)(=O)/C(=C/C)SC)C(C)N)s2)CC1.CC.CC. The molecule has 0 amide bonds. The van der Waals surface area contributed by atoms with Gasteiger partial charge in [-0.05, 0) is 45.6 Å². The minimum atomic E-state index is -3.51. The van der Waals surface area contributed by atoms with Crippen molar-refractivity contribution >= 4 is 45.0 Å². The summed E-state index contributed by atoms with van der Waals surface area (Å²) in [6, 6.07) is -0.493. The van der Waals surface area contributed by atoms with Crippen molar-refractivity contribution in [2.45, 2.75) is 80.4 Å². The first-order chi connectivity index (χ1) is 22.1. The first-order valence-corrected chi connectivity index (χ1v) is 19.8. The molecule has 1 aliphatic rings. The molecule has 2 atom stereocenters. The Bertz CT molecular complexity index is 1280. The molecule has 1 fully saturated rings. The van der Waals surface area contributed by atoms with Gasteiger partial charge in [-0.1, -0.05) is 82.9 Å². The molecular weight excluding hydrogens is 633 g/mol. The molecule has 0 bridgehead atoms. The van der Waals surface area contributed by atoms with Crippen molar-refractivity contribution in [3.05, 3.63) is 81.1 Å². The van der Waals surface area contributed by atoms with Gasteiger partial charge in [-0.15, -0.1) is 23.1 Å². The van der Waals surface area contributed by atoms with E-state index in [-0.39, 0.29) is 12.1 Å². The van der Waals surface area contributed by atoms with Gasteiger partial charge >= 0.3 is 0 Å². The number of rotatable bonds is 15. The molecule has 11 heteroatoms. The lowest BCUT2D eigenvalue weighted by Gasteiger charge is -2.36. The van der Waals surface area contributed by atoms with Gasteiger partial charge in [-0.3, -0.25) is 9.89 Å². The normalized spacial score (nSPS) is 16.9. The number of aliphatic imine (C=N–C) groups is 1. The summed E-state index contributed by atoms with van der Waals surface area (Å²) in [5.41, 5.74) is 7.16. The number of hydrogen-bond donors (Lipinski definition) is 1. The first-order valence-electron chi connectivity index (χ1n) is 16.3. The van der Waals surface area contributed by atoms with Crippen molar-refractivity contribution in [3.8, 4) is 0 Å². The Hall–Kier alpha value is -2.28. The van der Waals surface area contributed by atoms with Crippen LogP contribution in [0.1, 0.15) is 71.7 Å². The number of likely N-dealkylation sites (N-methyl/N-ethyl adjacent to an activating group) is 1. The third-order valence-corrected chi connectivity index (χ3v) is 11.4. The zero-order valence-electron chi connectivity index (χ0n) is 29.9. The second-order valence-corrected chi connectivity index (χ2v) is 14.2. The van der Waals surface area contributed by atoms with Crippen molar-refractivity contribution in [3.63, 3.8) is 0 Å². The number of nitrogens with two attached hydrogens (primary N) is 1. The first kappa shape index (κ1) is 43.7. The number of aromatic nitrogens is 1. The average molecular weight is 693 g/mol. The van der Waals surface area contributed by atoms with Crippen LogP contribution in [-0.4, -0.2) is 91.5 Å². The molecule has 0 aromatic carbocycles. The number of nitrogens with zero attached hydrogens (tertiary/aromatic N) is 5. The minimum absolute atomic E-state index is 0.182. The van der Waals surface area contributed by atoms with Crippen LogP contribution in [0.5, 0.6) is 0 Å². The average Bonchev–Trinajstić information content (AvgIpc) is 3.51. The van der Waals surface area contributed by atoms with Gasteiger partial charge in [0, 0.05) is 75.9 Å². The number of hydrogen-bond acceptors (Lipinski definition) is 8. The van der Waals surface area contributed by atoms with E-state index >= 15 is 0 Å². The Morgan fingerprint density at radius 3 is 2.39 bits per heavy atom. The molecule has 1 saturated heterocycles. The van der Waals surface area contributed by atoms with Crippen LogP contribution in [0.4, 0.5) is 0 Å². The van der Waals surface area contributed by atoms with Crippen LogP contribution in [0.2, 0.25) is 0 Å². The fourth-order valence-corrected chi connectivity index (χ4v) is 7.69. The molecule has 0 aliphatic carbocycles. The number of thiazole rings is 1. The summed E-state index contributed by atoms with van der Waals surface area (Å²) in [6.45, 7) is 24.9. The van der Waals surface area contributed by atoms with Gasteiger partial charge < -0.3 is 10.6 Å². The molecule has 46 heavy (non-hydrogen) atoms. The topological polar surface area (TPSA) is 95.1 Å². The van der Waals surface area contributed by atoms with Gasteiger partial charge in [0.2, 0.25) is 10.0 Å². The predicted octanol–water partition coefficient (Wildman–Crippen LogP) is 7.58. The lowest BCUT2D eigenvalue weighted by Crippen LogP contribution is -2.48. The molecule has 0 saturated carbocycles. The molecule has 2 heterocycles. The van der Waals surface area contributed by atoms with Crippen molar-refractivity contribution in [2.75, 3.05) is 46.0 Å². The van der Waals surface area contributed by atoms with Crippen molar-refractivity contribution in [2.24, 2.45) is 10.7 Å². The second kappa shape index (κ2) is 24.8. The maximum Gasteiger partial charge on any atom is 0.249 e. The molecule has 2 unspecified atom stereocenters. The quantitative estimate of drug-likeness (QED) is 0.115. The van der Waals surface area contributed by atoms with Crippen molar-refractivity contribution in [1.82, 2.24) is 19.1 Å². The van der Waals surface area contributed by atoms with Crippen LogP contribution in [0, 0.1) is 0 Å². The van der Waals surface area contributed by atoms with Crippen molar-refractivity contribution < 1.29 is 8.42 Å². The van der Waals surface area contributed by atoms with Crippen LogP contribution >= 0.6 is 23.1 Å². The minimum Gasteiger partial charge on any atom is -0.358 e. The molecule has 2 N–H and O–H groups in total. The lowest BCUT2D eigenvalue weighted by molar-refractivity contribution is 0.175. The van der Waals surface area contributed by atoms with E-state index in [0.717, 1.165) is 62.1 Å². The molecule has 1 aromatic heterocycles. The third kappa shape index (κ3) is 15.1. The van der Waals surface area contributed by atoms with Crippen LogP contribution in [0.25, 0.3) is 6.08 Å². The van der Waals surface area contributed by atoms with Gasteiger partial charge in [0.15, 0.2) is 0 Å². The predicted molar refractivity (Wildman–Crippen MR) is 207 cm³/mol. The highest BCUT2D eigenvalue weighted by atomic mass is 32.3. The Morgan fingerprint density at radius 2 is 1.85 bits per heavy atom. The van der Waals surface area contributed by atoms with E-state index in [1.54, 1.807) is 43.7 Å². The Morgan fingerprint density at radius 1 is 1.20 bits per heavy atom. The monoisotopic (exact) mass is 692 g/mol. The van der Waals surface area contributed by atoms with Gasteiger partial charge in [0.05, 0.1) is 0 Å². The third-order valence-electron chi connectivity index (χ3n) is 6.87. The molecule has 1 aromatic rings. The summed E-state index contributed by atoms with van der Waals surface area (Å²) in [4.78, 5) is 15.4. The summed E-state index contributed by atoms with van der Waals surface area (Å²) < 4.78 is 27.3. The van der Waals surface area contributed by atoms with Crippen LogP contribution in [0.3, 0.4) is 0 Å². The van der Waals surface area contributed by atoms with Crippen LogP contribution in [-0.2, 0) is 16.6 Å². The number of amidine groups is 1. The van der Waals surface area contributed by atoms with Crippen LogP contribution < -0.4 is 5.73 Å². The summed E-state index contributed by atoms with van der Waals surface area (Å²) in [5, 5.41) is 0.931. The van der Waals surface area contributed by atoms with E-state index in [2.05, 4.69) is 34.4 Å². The highest BCUT2D eigenvalue weighted by molar-refractivity contribution is 8.17. The second-order valence-electron chi connectivity index (χ2n) is 9.93. The number of allylic oxidation sites excluding steroid dienone is 5. The molecule has 260 valence electrons. The summed E-state index contributed by atoms with van der Waals surface area (Å²) in [7, 11) is -1.91. The van der Waals surface area contributed by atoms with Crippen LogP contribution in [0.15, 0.2) is 76.2 Å². The molecule has 1 aliphatic heterocycles.